The van der Waals surface area contributed by atoms with Crippen molar-refractivity contribution in [1.82, 2.24) is 5.32 Å². The van der Waals surface area contributed by atoms with Crippen LogP contribution in [0.2, 0.25) is 0 Å². The van der Waals surface area contributed by atoms with E-state index in [-0.39, 0.29) is 5.91 Å². The van der Waals surface area contributed by atoms with Gasteiger partial charge < -0.3 is 10.6 Å². The minimum atomic E-state index is -0.159. The van der Waals surface area contributed by atoms with Gasteiger partial charge in [0.2, 0.25) is 0 Å². The molecule has 0 fully saturated rings. The predicted molar refractivity (Wildman–Crippen MR) is 77.3 cm³/mol. The molecule has 0 saturated carbocycles. The number of hydrogen-bond donors (Lipinski definition) is 2. The van der Waals surface area contributed by atoms with E-state index in [2.05, 4.69) is 38.2 Å². The molecule has 0 atom stereocenters. The minimum absolute atomic E-state index is 0.159. The Morgan fingerprint density at radius 2 is 2.06 bits per heavy atom. The summed E-state index contributed by atoms with van der Waals surface area (Å²) in [5.74, 6) is 0.286. The molecule has 0 bridgehead atoms. The quantitative estimate of drug-likeness (QED) is 0.808. The Hall–Kier alpha value is -1.11. The van der Waals surface area contributed by atoms with Gasteiger partial charge in [0, 0.05) is 22.3 Å². The fourth-order valence-electron chi connectivity index (χ4n) is 1.57. The second-order valence-electron chi connectivity index (χ2n) is 3.83. The van der Waals surface area contributed by atoms with Crippen molar-refractivity contribution in [2.24, 2.45) is 4.99 Å². The maximum atomic E-state index is 11.9. The van der Waals surface area contributed by atoms with E-state index in [0.717, 1.165) is 35.2 Å². The van der Waals surface area contributed by atoms with Crippen LogP contribution in [-0.4, -0.2) is 24.8 Å². The monoisotopic (exact) mass is 343 g/mol. The molecule has 1 aromatic carbocycles. The maximum Gasteiger partial charge on any atom is 0.290 e. The van der Waals surface area contributed by atoms with Crippen LogP contribution in [0.5, 0.6) is 0 Å². The third kappa shape index (κ3) is 3.69. The van der Waals surface area contributed by atoms with Crippen molar-refractivity contribution < 1.29 is 4.79 Å². The summed E-state index contributed by atoms with van der Waals surface area (Å²) in [4.78, 5) is 16.1. The molecule has 2 rings (SSSR count). The zero-order chi connectivity index (χ0) is 12.1. The summed E-state index contributed by atoms with van der Waals surface area (Å²) in [6.45, 7) is 1.54. The van der Waals surface area contributed by atoms with E-state index in [4.69, 9.17) is 0 Å². The maximum absolute atomic E-state index is 11.9. The van der Waals surface area contributed by atoms with E-state index in [1.165, 1.54) is 0 Å². The highest BCUT2D eigenvalue weighted by Crippen LogP contribution is 2.11. The first-order valence-electron chi connectivity index (χ1n) is 5.61. The van der Waals surface area contributed by atoms with E-state index in [0.29, 0.717) is 5.84 Å². The summed E-state index contributed by atoms with van der Waals surface area (Å²) in [5.41, 5.74) is 0.796. The number of nitrogens with zero attached hydrogens (tertiary/aromatic N) is 1. The third-order valence-electron chi connectivity index (χ3n) is 2.46. The van der Waals surface area contributed by atoms with Crippen LogP contribution in [0.15, 0.2) is 29.3 Å². The van der Waals surface area contributed by atoms with Crippen LogP contribution in [0.25, 0.3) is 0 Å². The zero-order valence-corrected chi connectivity index (χ0v) is 11.5. The number of benzene rings is 1. The van der Waals surface area contributed by atoms with Gasteiger partial charge in [-0.1, -0.05) is 0 Å². The van der Waals surface area contributed by atoms with Crippen molar-refractivity contribution in [2.75, 3.05) is 18.4 Å². The molecule has 5 heteroatoms. The smallest absolute Gasteiger partial charge is 0.290 e. The van der Waals surface area contributed by atoms with Crippen LogP contribution in [0.4, 0.5) is 5.69 Å². The molecule has 0 spiro atoms. The van der Waals surface area contributed by atoms with Crippen molar-refractivity contribution in [3.05, 3.63) is 27.8 Å². The number of halogens is 1. The summed E-state index contributed by atoms with van der Waals surface area (Å²) in [5, 5.41) is 5.88. The molecule has 1 heterocycles. The summed E-state index contributed by atoms with van der Waals surface area (Å²) < 4.78 is 1.14. The van der Waals surface area contributed by atoms with Gasteiger partial charge in [-0.05, 0) is 59.7 Å². The van der Waals surface area contributed by atoms with Gasteiger partial charge in [-0.15, -0.1) is 0 Å². The number of amidine groups is 1. The molecule has 1 amide bonds. The number of rotatable bonds is 2. The molecule has 1 aliphatic rings. The van der Waals surface area contributed by atoms with Gasteiger partial charge in [0.15, 0.2) is 5.84 Å². The average molecular weight is 343 g/mol. The highest BCUT2D eigenvalue weighted by Gasteiger charge is 2.12. The Labute approximate surface area is 114 Å². The summed E-state index contributed by atoms with van der Waals surface area (Å²) in [7, 11) is 0. The lowest BCUT2D eigenvalue weighted by molar-refractivity contribution is -0.110. The van der Waals surface area contributed by atoms with Crippen LogP contribution in [-0.2, 0) is 4.79 Å². The fourth-order valence-corrected chi connectivity index (χ4v) is 1.93. The van der Waals surface area contributed by atoms with Crippen molar-refractivity contribution in [2.45, 2.75) is 12.8 Å². The Morgan fingerprint density at radius 1 is 1.29 bits per heavy atom. The number of anilines is 1. The highest BCUT2D eigenvalue weighted by molar-refractivity contribution is 14.1. The molecule has 17 heavy (non-hydrogen) atoms. The third-order valence-corrected chi connectivity index (χ3v) is 3.18. The first-order valence-corrected chi connectivity index (χ1v) is 6.69. The molecule has 0 unspecified atom stereocenters. The van der Waals surface area contributed by atoms with Crippen LogP contribution in [0.1, 0.15) is 12.8 Å². The van der Waals surface area contributed by atoms with E-state index in [1.54, 1.807) is 0 Å². The number of nitrogens with one attached hydrogen (secondary N) is 2. The van der Waals surface area contributed by atoms with Crippen molar-refractivity contribution in [1.29, 1.82) is 0 Å². The molecule has 90 valence electrons. The zero-order valence-electron chi connectivity index (χ0n) is 9.37. The summed E-state index contributed by atoms with van der Waals surface area (Å²) in [6, 6.07) is 7.69. The van der Waals surface area contributed by atoms with Gasteiger partial charge in [0.1, 0.15) is 0 Å². The molecule has 0 aromatic heterocycles. The van der Waals surface area contributed by atoms with Crippen molar-refractivity contribution in [3.63, 3.8) is 0 Å². The predicted octanol–water partition coefficient (Wildman–Crippen LogP) is 2.01. The van der Waals surface area contributed by atoms with Gasteiger partial charge in [-0.3, -0.25) is 9.79 Å². The lowest BCUT2D eigenvalue weighted by atomic mass is 10.3. The summed E-state index contributed by atoms with van der Waals surface area (Å²) >= 11 is 2.23. The van der Waals surface area contributed by atoms with Crippen LogP contribution in [0, 0.1) is 3.57 Å². The molecular formula is C12H14IN3O. The van der Waals surface area contributed by atoms with Gasteiger partial charge >= 0.3 is 0 Å². The van der Waals surface area contributed by atoms with Gasteiger partial charge in [-0.25, -0.2) is 0 Å². The summed E-state index contributed by atoms with van der Waals surface area (Å²) in [6.07, 6.45) is 2.09. The van der Waals surface area contributed by atoms with Crippen LogP contribution >= 0.6 is 22.6 Å². The largest absolute Gasteiger partial charge is 0.366 e. The lowest BCUT2D eigenvalue weighted by Crippen LogP contribution is -2.35. The molecule has 1 aliphatic heterocycles. The second-order valence-corrected chi connectivity index (χ2v) is 5.07. The van der Waals surface area contributed by atoms with Crippen molar-refractivity contribution in [3.8, 4) is 0 Å². The number of aliphatic imine (C=N–C) groups is 1. The normalized spacial score (nSPS) is 15.5. The van der Waals surface area contributed by atoms with E-state index >= 15 is 0 Å². The molecule has 0 radical (unpaired) electrons. The molecule has 0 saturated heterocycles. The fraction of sp³-hybridized carbons (Fsp3) is 0.333. The van der Waals surface area contributed by atoms with Crippen molar-refractivity contribution >= 4 is 40.0 Å². The molecule has 1 aromatic rings. The first-order chi connectivity index (χ1) is 8.25. The van der Waals surface area contributed by atoms with E-state index in [1.807, 2.05) is 24.3 Å². The highest BCUT2D eigenvalue weighted by atomic mass is 127. The Kier molecular flexibility index (Phi) is 4.36. The standard InChI is InChI=1S/C12H14IN3O/c13-9-3-5-10(6-4-9)16-12(17)11-14-7-1-2-8-15-11/h3-6H,1-2,7-8H2,(H,14,15)(H,16,17). The number of carbonyl (C=O) groups is 1. The van der Waals surface area contributed by atoms with Crippen LogP contribution < -0.4 is 10.6 Å². The van der Waals surface area contributed by atoms with Gasteiger partial charge in [0.05, 0.1) is 0 Å². The topological polar surface area (TPSA) is 53.5 Å². The van der Waals surface area contributed by atoms with Gasteiger partial charge in [0.25, 0.3) is 5.91 Å². The van der Waals surface area contributed by atoms with E-state index < -0.39 is 0 Å². The molecule has 4 nitrogen and oxygen atoms in total. The van der Waals surface area contributed by atoms with Gasteiger partial charge in [-0.2, -0.15) is 0 Å². The average Bonchev–Trinajstić information content (AvgIpc) is 2.61. The molecule has 0 aliphatic carbocycles. The number of carbonyl (C=O) groups excluding carboxylic acids is 1. The number of hydrogen-bond acceptors (Lipinski definition) is 3. The van der Waals surface area contributed by atoms with Crippen LogP contribution in [0.3, 0.4) is 0 Å². The minimum Gasteiger partial charge on any atom is -0.366 e. The second kappa shape index (κ2) is 6.00. The van der Waals surface area contributed by atoms with E-state index in [9.17, 15) is 4.79 Å². The molecule has 2 N–H and O–H groups in total. The lowest BCUT2D eigenvalue weighted by Gasteiger charge is -2.08. The first kappa shape index (κ1) is 12.3. The Balaban J connectivity index is 2.00. The molecular weight excluding hydrogens is 329 g/mol. The number of amides is 1. The SMILES string of the molecule is O=C(Nc1ccc(I)cc1)C1=NCCCCN1. The Bertz CT molecular complexity index is 428. The Morgan fingerprint density at radius 3 is 2.82 bits per heavy atom.